The van der Waals surface area contributed by atoms with Crippen molar-refractivity contribution >= 4 is 35.8 Å². The zero-order chi connectivity index (χ0) is 18.9. The lowest BCUT2D eigenvalue weighted by atomic mass is 10.2. The summed E-state index contributed by atoms with van der Waals surface area (Å²) in [7, 11) is 1.77. The first-order valence-corrected chi connectivity index (χ1v) is 9.52. The van der Waals surface area contributed by atoms with Gasteiger partial charge in [0.1, 0.15) is 0 Å². The van der Waals surface area contributed by atoms with Crippen LogP contribution >= 0.6 is 24.0 Å². The highest BCUT2D eigenvalue weighted by atomic mass is 127. The number of carbonyl (C=O) groups is 1. The molecule has 0 aliphatic carbocycles. The Morgan fingerprint density at radius 1 is 1.30 bits per heavy atom. The van der Waals surface area contributed by atoms with Gasteiger partial charge in [-0.3, -0.25) is 14.7 Å². The van der Waals surface area contributed by atoms with Crippen molar-refractivity contribution in [3.63, 3.8) is 0 Å². The zero-order valence-electron chi connectivity index (χ0n) is 16.9. The third-order valence-electron chi connectivity index (χ3n) is 4.59. The second-order valence-corrected chi connectivity index (χ2v) is 7.31. The van der Waals surface area contributed by atoms with E-state index in [-0.39, 0.29) is 35.9 Å². The minimum absolute atomic E-state index is 0. The van der Waals surface area contributed by atoms with E-state index in [4.69, 9.17) is 0 Å². The fraction of sp³-hybridized carbons (Fsp3) is 0.600. The number of benzene rings is 1. The van der Waals surface area contributed by atoms with Crippen molar-refractivity contribution in [1.82, 2.24) is 20.9 Å². The molecule has 0 aromatic heterocycles. The second-order valence-electron chi connectivity index (χ2n) is 7.31. The van der Waals surface area contributed by atoms with Crippen LogP contribution < -0.4 is 16.0 Å². The van der Waals surface area contributed by atoms with Crippen molar-refractivity contribution < 1.29 is 4.79 Å². The molecule has 1 aliphatic heterocycles. The number of guanidine groups is 1. The molecule has 1 heterocycles. The van der Waals surface area contributed by atoms with Gasteiger partial charge in [-0.1, -0.05) is 30.3 Å². The maximum absolute atomic E-state index is 11.7. The van der Waals surface area contributed by atoms with Gasteiger partial charge in [-0.25, -0.2) is 0 Å². The number of nitrogens with one attached hydrogen (secondary N) is 3. The maximum Gasteiger partial charge on any atom is 0.221 e. The largest absolute Gasteiger partial charge is 0.356 e. The lowest BCUT2D eigenvalue weighted by Gasteiger charge is -2.21. The number of hydrogen-bond acceptors (Lipinski definition) is 3. The molecule has 2 rings (SSSR count). The Morgan fingerprint density at radius 2 is 2.00 bits per heavy atom. The fourth-order valence-corrected chi connectivity index (χ4v) is 3.32. The van der Waals surface area contributed by atoms with E-state index in [0.717, 1.165) is 25.5 Å². The molecular formula is C20H34IN5O. The molecule has 7 heteroatoms. The van der Waals surface area contributed by atoms with Gasteiger partial charge in [0.25, 0.3) is 0 Å². The van der Waals surface area contributed by atoms with Gasteiger partial charge in [-0.15, -0.1) is 24.0 Å². The van der Waals surface area contributed by atoms with Gasteiger partial charge in [0, 0.05) is 51.2 Å². The minimum Gasteiger partial charge on any atom is -0.356 e. The number of hydrogen-bond donors (Lipinski definition) is 3. The minimum atomic E-state index is 0. The van der Waals surface area contributed by atoms with Crippen molar-refractivity contribution in [1.29, 1.82) is 0 Å². The summed E-state index contributed by atoms with van der Waals surface area (Å²) in [5.74, 6) is 0.826. The van der Waals surface area contributed by atoms with E-state index in [1.165, 1.54) is 5.56 Å². The van der Waals surface area contributed by atoms with Crippen LogP contribution in [0.2, 0.25) is 0 Å². The monoisotopic (exact) mass is 487 g/mol. The van der Waals surface area contributed by atoms with Crippen LogP contribution in [-0.2, 0) is 11.3 Å². The Hall–Kier alpha value is -1.35. The molecule has 1 aliphatic rings. The van der Waals surface area contributed by atoms with Crippen LogP contribution in [0.1, 0.15) is 39.2 Å². The quantitative estimate of drug-likeness (QED) is 0.314. The normalized spacial score (nSPS) is 20.3. The van der Waals surface area contributed by atoms with Gasteiger partial charge in [-0.05, 0) is 32.8 Å². The number of aliphatic imine (C=N–C) groups is 1. The van der Waals surface area contributed by atoms with E-state index < -0.39 is 0 Å². The van der Waals surface area contributed by atoms with Crippen LogP contribution in [0.3, 0.4) is 0 Å². The van der Waals surface area contributed by atoms with Crippen molar-refractivity contribution in [3.8, 4) is 0 Å². The second kappa shape index (κ2) is 12.2. The number of amides is 1. The molecule has 2 unspecified atom stereocenters. The van der Waals surface area contributed by atoms with Crippen molar-refractivity contribution in [3.05, 3.63) is 35.9 Å². The van der Waals surface area contributed by atoms with Gasteiger partial charge >= 0.3 is 0 Å². The predicted octanol–water partition coefficient (Wildman–Crippen LogP) is 2.35. The summed E-state index contributed by atoms with van der Waals surface area (Å²) < 4.78 is 0. The number of carbonyl (C=O) groups excluding carboxylic acids is 1. The summed E-state index contributed by atoms with van der Waals surface area (Å²) in [5, 5.41) is 9.63. The van der Waals surface area contributed by atoms with E-state index >= 15 is 0 Å². The Morgan fingerprint density at radius 3 is 2.63 bits per heavy atom. The SMILES string of the molecule is CN=C(NCCC(=O)NC(C)C)NC1CC(C)N(Cc2ccccc2)C1.I. The highest BCUT2D eigenvalue weighted by Gasteiger charge is 2.29. The van der Waals surface area contributed by atoms with Crippen molar-refractivity contribution in [2.75, 3.05) is 20.1 Å². The van der Waals surface area contributed by atoms with Crippen LogP contribution in [0, 0.1) is 0 Å². The molecule has 2 atom stereocenters. The van der Waals surface area contributed by atoms with Crippen LogP contribution in [0.25, 0.3) is 0 Å². The summed E-state index contributed by atoms with van der Waals surface area (Å²) in [6, 6.07) is 11.7. The third-order valence-corrected chi connectivity index (χ3v) is 4.59. The Bertz CT molecular complexity index is 593. The molecule has 0 saturated carbocycles. The Labute approximate surface area is 180 Å². The molecule has 27 heavy (non-hydrogen) atoms. The molecule has 1 amide bonds. The van der Waals surface area contributed by atoms with Gasteiger partial charge in [-0.2, -0.15) is 0 Å². The molecule has 0 spiro atoms. The smallest absolute Gasteiger partial charge is 0.221 e. The van der Waals surface area contributed by atoms with Crippen LogP contribution in [0.5, 0.6) is 0 Å². The van der Waals surface area contributed by atoms with E-state index in [9.17, 15) is 4.79 Å². The molecule has 0 bridgehead atoms. The van der Waals surface area contributed by atoms with E-state index in [0.29, 0.717) is 25.0 Å². The molecule has 1 saturated heterocycles. The van der Waals surface area contributed by atoms with E-state index in [2.05, 4.69) is 63.1 Å². The number of nitrogens with zero attached hydrogens (tertiary/aromatic N) is 2. The first kappa shape index (κ1) is 23.7. The number of rotatable bonds is 7. The molecule has 152 valence electrons. The van der Waals surface area contributed by atoms with E-state index in [1.807, 2.05) is 13.8 Å². The third kappa shape index (κ3) is 8.47. The molecular weight excluding hydrogens is 453 g/mol. The maximum atomic E-state index is 11.7. The summed E-state index contributed by atoms with van der Waals surface area (Å²) in [5.41, 5.74) is 1.35. The average molecular weight is 487 g/mol. The summed E-state index contributed by atoms with van der Waals surface area (Å²) in [4.78, 5) is 18.5. The molecule has 0 radical (unpaired) electrons. The summed E-state index contributed by atoms with van der Waals surface area (Å²) in [6.45, 7) is 8.75. The zero-order valence-corrected chi connectivity index (χ0v) is 19.2. The van der Waals surface area contributed by atoms with Gasteiger partial charge in [0.15, 0.2) is 5.96 Å². The Balaban J connectivity index is 0.00000364. The molecule has 1 aromatic carbocycles. The van der Waals surface area contributed by atoms with Crippen LogP contribution in [0.15, 0.2) is 35.3 Å². The van der Waals surface area contributed by atoms with Crippen LogP contribution in [-0.4, -0.2) is 55.0 Å². The van der Waals surface area contributed by atoms with Crippen molar-refractivity contribution in [2.45, 2.75) is 58.3 Å². The molecule has 1 aromatic rings. The number of likely N-dealkylation sites (tertiary alicyclic amines) is 1. The summed E-state index contributed by atoms with van der Waals surface area (Å²) >= 11 is 0. The number of halogens is 1. The average Bonchev–Trinajstić information content (AvgIpc) is 2.93. The standard InChI is InChI=1S/C20H33N5O.HI/c1-15(2)23-19(26)10-11-22-20(21-4)24-18-12-16(3)25(14-18)13-17-8-6-5-7-9-17;/h5-9,15-16,18H,10-14H2,1-4H3,(H,23,26)(H2,21,22,24);1H. The lowest BCUT2D eigenvalue weighted by Crippen LogP contribution is -2.45. The topological polar surface area (TPSA) is 68.8 Å². The first-order chi connectivity index (χ1) is 12.5. The van der Waals surface area contributed by atoms with Gasteiger partial charge in [0.05, 0.1) is 0 Å². The molecule has 1 fully saturated rings. The van der Waals surface area contributed by atoms with Gasteiger partial charge in [0.2, 0.25) is 5.91 Å². The highest BCUT2D eigenvalue weighted by molar-refractivity contribution is 14.0. The molecule has 3 N–H and O–H groups in total. The van der Waals surface area contributed by atoms with Crippen LogP contribution in [0.4, 0.5) is 0 Å². The Kier molecular flexibility index (Phi) is 10.7. The predicted molar refractivity (Wildman–Crippen MR) is 123 cm³/mol. The summed E-state index contributed by atoms with van der Waals surface area (Å²) in [6.07, 6.45) is 1.53. The van der Waals surface area contributed by atoms with Gasteiger partial charge < -0.3 is 16.0 Å². The van der Waals surface area contributed by atoms with Crippen molar-refractivity contribution in [2.24, 2.45) is 4.99 Å². The van der Waals surface area contributed by atoms with E-state index in [1.54, 1.807) is 7.05 Å². The first-order valence-electron chi connectivity index (χ1n) is 9.52. The fourth-order valence-electron chi connectivity index (χ4n) is 3.32. The lowest BCUT2D eigenvalue weighted by molar-refractivity contribution is -0.121. The molecule has 6 nitrogen and oxygen atoms in total. The highest BCUT2D eigenvalue weighted by Crippen LogP contribution is 2.20.